The summed E-state index contributed by atoms with van der Waals surface area (Å²) < 4.78 is 2.69. The summed E-state index contributed by atoms with van der Waals surface area (Å²) in [6.07, 6.45) is 4.69. The summed E-state index contributed by atoms with van der Waals surface area (Å²) in [6.45, 7) is 0. The number of hydrogen-bond acceptors (Lipinski definition) is 3. The van der Waals surface area contributed by atoms with Crippen LogP contribution in [0.2, 0.25) is 0 Å². The van der Waals surface area contributed by atoms with Gasteiger partial charge in [0.05, 0.1) is 22.8 Å². The smallest absolute Gasteiger partial charge is 0.0900 e. The molecule has 53 heavy (non-hydrogen) atoms. The number of hydrogen-bond donors (Lipinski definition) is 1. The lowest BCUT2D eigenvalue weighted by molar-refractivity contribution is 1.23. The van der Waals surface area contributed by atoms with Crippen LogP contribution in [0.1, 0.15) is 11.1 Å². The van der Waals surface area contributed by atoms with E-state index >= 15 is 0 Å². The fraction of sp³-hybridized carbons (Fsp3) is 0.0204. The molecule has 0 saturated carbocycles. The van der Waals surface area contributed by atoms with E-state index in [1.807, 2.05) is 48.0 Å². The molecule has 3 nitrogen and oxygen atoms in total. The molecule has 1 N–H and O–H groups in total. The maximum atomic E-state index is 4.99. The SMILES string of the molecule is c1ccc(-c2cc(-c3ccc(-c4cc5c(c6ccccc46)Cc4cccc(-c6cccc7c6sc6ccccc67)c4-5)cc3)cc(-c3ccc[nH]3)n2)nc1. The van der Waals surface area contributed by atoms with Crippen LogP contribution in [-0.2, 0) is 6.42 Å². The molecule has 0 amide bonds. The molecule has 11 rings (SSSR count). The van der Waals surface area contributed by atoms with Gasteiger partial charge in [-0.15, -0.1) is 11.3 Å². The largest absolute Gasteiger partial charge is 0.360 e. The van der Waals surface area contributed by atoms with Crippen molar-refractivity contribution in [1.29, 1.82) is 0 Å². The number of thiophene rings is 1. The zero-order chi connectivity index (χ0) is 34.9. The minimum absolute atomic E-state index is 0.849. The van der Waals surface area contributed by atoms with Crippen LogP contribution < -0.4 is 0 Å². The van der Waals surface area contributed by atoms with Crippen LogP contribution in [0.4, 0.5) is 0 Å². The lowest BCUT2D eigenvalue weighted by Gasteiger charge is -2.15. The third kappa shape index (κ3) is 4.87. The predicted octanol–water partition coefficient (Wildman–Crippen LogP) is 13.2. The fourth-order valence-electron chi connectivity index (χ4n) is 8.34. The molecular weight excluding hydrogens is 663 g/mol. The fourth-order valence-corrected chi connectivity index (χ4v) is 9.57. The second-order valence-electron chi connectivity index (χ2n) is 13.8. The van der Waals surface area contributed by atoms with Crippen LogP contribution in [-0.4, -0.2) is 15.0 Å². The maximum absolute atomic E-state index is 4.99. The van der Waals surface area contributed by atoms with E-state index in [0.29, 0.717) is 0 Å². The van der Waals surface area contributed by atoms with E-state index in [2.05, 4.69) is 143 Å². The summed E-state index contributed by atoms with van der Waals surface area (Å²) in [6, 6.07) is 57.3. The molecule has 4 heteroatoms. The predicted molar refractivity (Wildman–Crippen MR) is 222 cm³/mol. The van der Waals surface area contributed by atoms with Gasteiger partial charge in [0, 0.05) is 38.1 Å². The van der Waals surface area contributed by atoms with Crippen LogP contribution in [0.15, 0.2) is 170 Å². The third-order valence-electron chi connectivity index (χ3n) is 10.8. The number of pyridine rings is 2. The Bertz CT molecular complexity index is 3010. The van der Waals surface area contributed by atoms with E-state index in [4.69, 9.17) is 4.98 Å². The van der Waals surface area contributed by atoms with Crippen molar-refractivity contribution >= 4 is 42.3 Å². The van der Waals surface area contributed by atoms with Crippen molar-refractivity contribution in [3.63, 3.8) is 0 Å². The summed E-state index contributed by atoms with van der Waals surface area (Å²) >= 11 is 1.90. The van der Waals surface area contributed by atoms with Crippen molar-refractivity contribution in [2.45, 2.75) is 6.42 Å². The van der Waals surface area contributed by atoms with Gasteiger partial charge >= 0.3 is 0 Å². The number of aromatic amines is 1. The number of aromatic nitrogens is 3. The number of nitrogens with zero attached hydrogens (tertiary/aromatic N) is 2. The van der Waals surface area contributed by atoms with Crippen LogP contribution >= 0.6 is 11.3 Å². The molecule has 0 unspecified atom stereocenters. The van der Waals surface area contributed by atoms with Gasteiger partial charge in [0.1, 0.15) is 0 Å². The average Bonchev–Trinajstić information content (AvgIpc) is 3.99. The van der Waals surface area contributed by atoms with Crippen molar-refractivity contribution < 1.29 is 0 Å². The Labute approximate surface area is 310 Å². The molecule has 0 atom stereocenters. The van der Waals surface area contributed by atoms with E-state index in [0.717, 1.165) is 40.3 Å². The lowest BCUT2D eigenvalue weighted by atomic mass is 9.88. The Balaban J connectivity index is 1.06. The van der Waals surface area contributed by atoms with Crippen LogP contribution in [0.3, 0.4) is 0 Å². The van der Waals surface area contributed by atoms with Crippen LogP contribution in [0, 0.1) is 0 Å². The first kappa shape index (κ1) is 30.0. The van der Waals surface area contributed by atoms with E-state index in [1.54, 1.807) is 0 Å². The molecule has 6 aromatic carbocycles. The summed E-state index contributed by atoms with van der Waals surface area (Å²) in [5.41, 5.74) is 16.4. The summed E-state index contributed by atoms with van der Waals surface area (Å²) in [7, 11) is 0. The zero-order valence-corrected chi connectivity index (χ0v) is 29.5. The Morgan fingerprint density at radius 2 is 1.25 bits per heavy atom. The highest BCUT2D eigenvalue weighted by Gasteiger charge is 2.26. The first-order valence-corrected chi connectivity index (χ1v) is 18.8. The van der Waals surface area contributed by atoms with Crippen molar-refractivity contribution in [3.8, 4) is 67.3 Å². The quantitative estimate of drug-likeness (QED) is 0.195. The van der Waals surface area contributed by atoms with E-state index in [-0.39, 0.29) is 0 Å². The lowest BCUT2D eigenvalue weighted by Crippen LogP contribution is -1.93. The molecule has 248 valence electrons. The molecule has 0 fully saturated rings. The maximum Gasteiger partial charge on any atom is 0.0900 e. The molecule has 10 aromatic rings. The average molecular weight is 694 g/mol. The monoisotopic (exact) mass is 693 g/mol. The van der Waals surface area contributed by atoms with Crippen molar-refractivity contribution in [2.24, 2.45) is 0 Å². The highest BCUT2D eigenvalue weighted by atomic mass is 32.1. The number of rotatable bonds is 5. The summed E-state index contributed by atoms with van der Waals surface area (Å²) in [5, 5.41) is 5.28. The minimum Gasteiger partial charge on any atom is -0.360 e. The molecule has 1 aliphatic carbocycles. The Morgan fingerprint density at radius 1 is 0.491 bits per heavy atom. The van der Waals surface area contributed by atoms with Crippen molar-refractivity contribution in [3.05, 3.63) is 181 Å². The number of fused-ring (bicyclic) bond motifs is 8. The Hall–Kier alpha value is -6.62. The number of benzene rings is 6. The molecule has 0 radical (unpaired) electrons. The topological polar surface area (TPSA) is 41.6 Å². The zero-order valence-electron chi connectivity index (χ0n) is 28.7. The minimum atomic E-state index is 0.849. The molecule has 0 spiro atoms. The highest BCUT2D eigenvalue weighted by molar-refractivity contribution is 7.26. The second-order valence-corrected chi connectivity index (χ2v) is 14.8. The third-order valence-corrected chi connectivity index (χ3v) is 12.0. The van der Waals surface area contributed by atoms with Gasteiger partial charge in [0.25, 0.3) is 0 Å². The van der Waals surface area contributed by atoms with Gasteiger partial charge in [-0.1, -0.05) is 109 Å². The molecule has 0 aliphatic heterocycles. The standard InChI is InChI=1S/C49H31N3S/c1-2-12-35-34(11-1)40(31-22-20-30(21-23-31)33-27-45(43-17-5-6-24-50-43)52-46(28-33)44-18-9-25-51-44)29-42-41(35)26-32-10-7-14-37(48(32)42)39-16-8-15-38-36-13-3-4-19-47(36)53-49(38)39/h1-25,27-29,51H,26H2. The van der Waals surface area contributed by atoms with Gasteiger partial charge in [0.2, 0.25) is 0 Å². The van der Waals surface area contributed by atoms with Crippen molar-refractivity contribution in [1.82, 2.24) is 15.0 Å². The molecule has 4 aromatic heterocycles. The molecular formula is C49H31N3S. The van der Waals surface area contributed by atoms with Crippen molar-refractivity contribution in [2.75, 3.05) is 0 Å². The van der Waals surface area contributed by atoms with Gasteiger partial charge in [-0.3, -0.25) is 4.98 Å². The molecule has 0 saturated heterocycles. The second kappa shape index (κ2) is 12.0. The molecule has 4 heterocycles. The van der Waals surface area contributed by atoms with Gasteiger partial charge in [-0.2, -0.15) is 0 Å². The highest BCUT2D eigenvalue weighted by Crippen LogP contribution is 2.50. The first-order chi connectivity index (χ1) is 26.3. The molecule has 0 bridgehead atoms. The van der Waals surface area contributed by atoms with Crippen LogP contribution in [0.5, 0.6) is 0 Å². The Morgan fingerprint density at radius 3 is 2.09 bits per heavy atom. The number of H-pyrrole nitrogens is 1. The first-order valence-electron chi connectivity index (χ1n) is 18.0. The van der Waals surface area contributed by atoms with Crippen LogP contribution in [0.25, 0.3) is 98.2 Å². The normalized spacial score (nSPS) is 12.1. The van der Waals surface area contributed by atoms with Gasteiger partial charge in [0.15, 0.2) is 0 Å². The van der Waals surface area contributed by atoms with E-state index in [1.165, 1.54) is 75.5 Å². The Kier molecular flexibility index (Phi) is 6.79. The summed E-state index contributed by atoms with van der Waals surface area (Å²) in [5.74, 6) is 0. The summed E-state index contributed by atoms with van der Waals surface area (Å²) in [4.78, 5) is 12.9. The van der Waals surface area contributed by atoms with E-state index in [9.17, 15) is 0 Å². The van der Waals surface area contributed by atoms with Gasteiger partial charge in [-0.05, 0) is 116 Å². The molecule has 1 aliphatic rings. The van der Waals surface area contributed by atoms with Gasteiger partial charge in [-0.25, -0.2) is 4.98 Å². The van der Waals surface area contributed by atoms with Gasteiger partial charge < -0.3 is 4.98 Å². The number of nitrogens with one attached hydrogen (secondary N) is 1. The van der Waals surface area contributed by atoms with E-state index < -0.39 is 0 Å².